The molecular weight excluding hydrogens is 250 g/mol. The largest absolute Gasteiger partial charge is 0.350 e. The molecule has 0 aliphatic heterocycles. The first-order chi connectivity index (χ1) is 8.53. The van der Waals surface area contributed by atoms with Gasteiger partial charge in [-0.15, -0.1) is 0 Å². The normalized spacial score (nSPS) is 17.3. The van der Waals surface area contributed by atoms with Gasteiger partial charge < -0.3 is 10.2 Å². The number of hydrogen-bond donors (Lipinski definition) is 1. The predicted molar refractivity (Wildman–Crippen MR) is 71.8 cm³/mol. The van der Waals surface area contributed by atoms with Crippen LogP contribution in [0.25, 0.3) is 0 Å². The van der Waals surface area contributed by atoms with E-state index in [1.54, 1.807) is 12.1 Å². The van der Waals surface area contributed by atoms with Crippen LogP contribution in [0.2, 0.25) is 5.15 Å². The van der Waals surface area contributed by atoms with Gasteiger partial charge in [-0.25, -0.2) is 4.98 Å². The monoisotopic (exact) mass is 267 g/mol. The Bertz CT molecular complexity index is 426. The maximum Gasteiger partial charge on any atom is 0.252 e. The molecule has 98 valence electrons. The molecule has 1 amide bonds. The number of halogens is 1. The molecule has 1 fully saturated rings. The Kier molecular flexibility index (Phi) is 3.88. The summed E-state index contributed by atoms with van der Waals surface area (Å²) in [5.41, 5.74) is 0.683. The molecule has 0 atom stereocenters. The summed E-state index contributed by atoms with van der Waals surface area (Å²) in [6, 6.07) is 3.31. The van der Waals surface area contributed by atoms with Gasteiger partial charge >= 0.3 is 0 Å². The zero-order chi connectivity index (χ0) is 13.2. The van der Waals surface area contributed by atoms with Crippen molar-refractivity contribution in [3.63, 3.8) is 0 Å². The Hall–Kier alpha value is -1.13. The van der Waals surface area contributed by atoms with Crippen molar-refractivity contribution in [2.45, 2.75) is 24.8 Å². The summed E-state index contributed by atoms with van der Waals surface area (Å²) in [6.45, 7) is 0.682. The number of rotatable bonds is 4. The average molecular weight is 268 g/mol. The van der Waals surface area contributed by atoms with Gasteiger partial charge in [0.15, 0.2) is 0 Å². The molecule has 1 aliphatic rings. The number of amides is 1. The Balaban J connectivity index is 1.94. The molecule has 1 N–H and O–H groups in total. The molecule has 2 rings (SSSR count). The molecule has 0 unspecified atom stereocenters. The van der Waals surface area contributed by atoms with Crippen LogP contribution in [-0.2, 0) is 0 Å². The topological polar surface area (TPSA) is 45.2 Å². The maximum absolute atomic E-state index is 12.0. The van der Waals surface area contributed by atoms with Gasteiger partial charge in [-0.05, 0) is 45.5 Å². The third-order valence-corrected chi connectivity index (χ3v) is 4.02. The molecule has 1 saturated carbocycles. The van der Waals surface area contributed by atoms with Gasteiger partial charge in [-0.1, -0.05) is 11.6 Å². The van der Waals surface area contributed by atoms with Gasteiger partial charge in [0.2, 0.25) is 0 Å². The fourth-order valence-electron chi connectivity index (χ4n) is 2.22. The highest BCUT2D eigenvalue weighted by molar-refractivity contribution is 6.29. The molecule has 1 aromatic rings. The molecule has 0 radical (unpaired) electrons. The van der Waals surface area contributed by atoms with Gasteiger partial charge in [0.1, 0.15) is 5.15 Å². The second kappa shape index (κ2) is 5.24. The van der Waals surface area contributed by atoms with Crippen LogP contribution in [0.15, 0.2) is 18.3 Å². The summed E-state index contributed by atoms with van der Waals surface area (Å²) in [7, 11) is 4.13. The molecule has 4 nitrogen and oxygen atoms in total. The minimum Gasteiger partial charge on any atom is -0.350 e. The second-order valence-corrected chi connectivity index (χ2v) is 5.41. The summed E-state index contributed by atoms with van der Waals surface area (Å²) in [4.78, 5) is 18.1. The van der Waals surface area contributed by atoms with Crippen molar-refractivity contribution >= 4 is 17.5 Å². The van der Waals surface area contributed by atoms with Crippen molar-refractivity contribution in [2.24, 2.45) is 0 Å². The van der Waals surface area contributed by atoms with Crippen molar-refractivity contribution in [1.82, 2.24) is 15.2 Å². The number of nitrogens with zero attached hydrogens (tertiary/aromatic N) is 2. The lowest BCUT2D eigenvalue weighted by molar-refractivity contribution is 0.0557. The highest BCUT2D eigenvalue weighted by Crippen LogP contribution is 2.35. The Labute approximate surface area is 112 Å². The molecule has 0 spiro atoms. The van der Waals surface area contributed by atoms with E-state index in [2.05, 4.69) is 29.3 Å². The van der Waals surface area contributed by atoms with Crippen molar-refractivity contribution in [3.8, 4) is 0 Å². The van der Waals surface area contributed by atoms with Crippen molar-refractivity contribution in [2.75, 3.05) is 20.6 Å². The quantitative estimate of drug-likeness (QED) is 0.848. The highest BCUT2D eigenvalue weighted by Gasteiger charge is 2.39. The summed E-state index contributed by atoms with van der Waals surface area (Å²) >= 11 is 5.69. The van der Waals surface area contributed by atoms with Crippen molar-refractivity contribution in [3.05, 3.63) is 29.0 Å². The average Bonchev–Trinajstić information content (AvgIpc) is 2.27. The summed E-state index contributed by atoms with van der Waals surface area (Å²) in [6.07, 6.45) is 5.01. The van der Waals surface area contributed by atoms with E-state index in [-0.39, 0.29) is 11.4 Å². The molecule has 0 saturated heterocycles. The molecule has 5 heteroatoms. The first-order valence-electron chi connectivity index (χ1n) is 6.11. The number of nitrogens with one attached hydrogen (secondary N) is 1. The molecule has 0 bridgehead atoms. The van der Waals surface area contributed by atoms with Crippen LogP contribution in [-0.4, -0.2) is 42.0 Å². The third-order valence-electron chi connectivity index (χ3n) is 3.80. The molecule has 18 heavy (non-hydrogen) atoms. The van der Waals surface area contributed by atoms with Crippen LogP contribution >= 0.6 is 11.6 Å². The number of pyridine rings is 1. The lowest BCUT2D eigenvalue weighted by Crippen LogP contribution is -2.57. The maximum atomic E-state index is 12.0. The number of likely N-dealkylation sites (N-methyl/N-ethyl adjacent to an activating group) is 1. The number of hydrogen-bond acceptors (Lipinski definition) is 3. The minimum atomic E-state index is -0.0905. The SMILES string of the molecule is CN(C)C1(CNC(=O)c2ccc(Cl)nc2)CCC1. The van der Waals surface area contributed by atoms with Crippen LogP contribution in [0, 0.1) is 0 Å². The van der Waals surface area contributed by atoms with Crippen molar-refractivity contribution < 1.29 is 4.79 Å². The predicted octanol–water partition coefficient (Wildman–Crippen LogP) is 1.95. The molecule has 1 aliphatic carbocycles. The number of carbonyl (C=O) groups is 1. The van der Waals surface area contributed by atoms with Gasteiger partial charge in [-0.2, -0.15) is 0 Å². The van der Waals surface area contributed by atoms with Gasteiger partial charge in [0, 0.05) is 18.3 Å². The van der Waals surface area contributed by atoms with Crippen LogP contribution in [0.3, 0.4) is 0 Å². The second-order valence-electron chi connectivity index (χ2n) is 5.02. The third kappa shape index (κ3) is 2.65. The van der Waals surface area contributed by atoms with Gasteiger partial charge in [0.05, 0.1) is 5.56 Å². The minimum absolute atomic E-state index is 0.0905. The van der Waals surface area contributed by atoms with Crippen LogP contribution in [0.4, 0.5) is 0 Å². The summed E-state index contributed by atoms with van der Waals surface area (Å²) < 4.78 is 0. The molecular formula is C13H18ClN3O. The van der Waals surface area contributed by atoms with E-state index in [4.69, 9.17) is 11.6 Å². The zero-order valence-electron chi connectivity index (χ0n) is 10.7. The summed E-state index contributed by atoms with van der Waals surface area (Å²) in [5.74, 6) is -0.0905. The first kappa shape index (κ1) is 13.3. The Morgan fingerprint density at radius 2 is 2.22 bits per heavy atom. The Morgan fingerprint density at radius 3 is 2.67 bits per heavy atom. The first-order valence-corrected chi connectivity index (χ1v) is 6.48. The van der Waals surface area contributed by atoms with Gasteiger partial charge in [-0.3, -0.25) is 4.79 Å². The van der Waals surface area contributed by atoms with E-state index in [9.17, 15) is 4.79 Å². The smallest absolute Gasteiger partial charge is 0.252 e. The van der Waals surface area contributed by atoms with E-state index in [0.29, 0.717) is 17.3 Å². The zero-order valence-corrected chi connectivity index (χ0v) is 11.5. The van der Waals surface area contributed by atoms with E-state index < -0.39 is 0 Å². The standard InChI is InChI=1S/C13H18ClN3O/c1-17(2)13(6-3-7-13)9-16-12(18)10-4-5-11(14)15-8-10/h4-5,8H,3,6-7,9H2,1-2H3,(H,16,18). The fourth-order valence-corrected chi connectivity index (χ4v) is 2.34. The van der Waals surface area contributed by atoms with Gasteiger partial charge in [0.25, 0.3) is 5.91 Å². The van der Waals surface area contributed by atoms with Crippen molar-refractivity contribution in [1.29, 1.82) is 0 Å². The van der Waals surface area contributed by atoms with E-state index in [1.165, 1.54) is 12.6 Å². The summed E-state index contributed by atoms with van der Waals surface area (Å²) in [5, 5.41) is 3.38. The molecule has 1 aromatic heterocycles. The molecule has 1 heterocycles. The van der Waals surface area contributed by atoms with E-state index >= 15 is 0 Å². The lowest BCUT2D eigenvalue weighted by atomic mass is 9.75. The van der Waals surface area contributed by atoms with E-state index in [0.717, 1.165) is 12.8 Å². The number of aromatic nitrogens is 1. The van der Waals surface area contributed by atoms with Crippen LogP contribution in [0.5, 0.6) is 0 Å². The van der Waals surface area contributed by atoms with Crippen LogP contribution < -0.4 is 5.32 Å². The highest BCUT2D eigenvalue weighted by atomic mass is 35.5. The molecule has 0 aromatic carbocycles. The lowest BCUT2D eigenvalue weighted by Gasteiger charge is -2.47. The van der Waals surface area contributed by atoms with E-state index in [1.807, 2.05) is 0 Å². The van der Waals surface area contributed by atoms with Crippen LogP contribution in [0.1, 0.15) is 29.6 Å². The fraction of sp³-hybridized carbons (Fsp3) is 0.538. The Morgan fingerprint density at radius 1 is 1.50 bits per heavy atom. The number of carbonyl (C=O) groups excluding carboxylic acids is 1.